The Morgan fingerprint density at radius 3 is 2.55 bits per heavy atom. The van der Waals surface area contributed by atoms with Gasteiger partial charge in [-0.1, -0.05) is 15.9 Å². The Morgan fingerprint density at radius 2 is 1.95 bits per heavy atom. The number of rotatable bonds is 2. The molecule has 104 valence electrons. The van der Waals surface area contributed by atoms with Crippen LogP contribution < -0.4 is 11.1 Å². The average molecular weight is 402 g/mol. The number of carbonyl (C=O) groups is 1. The van der Waals surface area contributed by atoms with Crippen molar-refractivity contribution in [1.82, 2.24) is 0 Å². The van der Waals surface area contributed by atoms with Gasteiger partial charge in [-0.3, -0.25) is 4.79 Å². The second-order valence-electron chi connectivity index (χ2n) is 4.25. The standard InChI is InChI=1S/C14H11Br2FN2O/c1-7-11(17)4-8(5-12(7)18)14(20)19-13-3-2-9(15)6-10(13)16/h2-6H,18H2,1H3,(H,19,20). The molecule has 0 aliphatic rings. The van der Waals surface area contributed by atoms with Gasteiger partial charge in [0.2, 0.25) is 0 Å². The van der Waals surface area contributed by atoms with Gasteiger partial charge in [0.25, 0.3) is 5.91 Å². The van der Waals surface area contributed by atoms with Gasteiger partial charge in [-0.05, 0) is 53.2 Å². The molecule has 3 N–H and O–H groups in total. The lowest BCUT2D eigenvalue weighted by Gasteiger charge is -2.09. The zero-order chi connectivity index (χ0) is 14.9. The van der Waals surface area contributed by atoms with Crippen LogP contribution >= 0.6 is 31.9 Å². The van der Waals surface area contributed by atoms with Crippen LogP contribution in [0.4, 0.5) is 15.8 Å². The van der Waals surface area contributed by atoms with Crippen LogP contribution in [0.2, 0.25) is 0 Å². The lowest BCUT2D eigenvalue weighted by Crippen LogP contribution is -2.13. The molecule has 0 bridgehead atoms. The molecule has 2 rings (SSSR count). The van der Waals surface area contributed by atoms with Crippen molar-refractivity contribution in [2.45, 2.75) is 6.92 Å². The average Bonchev–Trinajstić information content (AvgIpc) is 2.38. The second-order valence-corrected chi connectivity index (χ2v) is 6.02. The monoisotopic (exact) mass is 400 g/mol. The number of hydrogen-bond acceptors (Lipinski definition) is 2. The Balaban J connectivity index is 2.28. The predicted molar refractivity (Wildman–Crippen MR) is 85.3 cm³/mol. The fourth-order valence-electron chi connectivity index (χ4n) is 1.62. The van der Waals surface area contributed by atoms with E-state index in [1.165, 1.54) is 12.1 Å². The molecule has 0 spiro atoms. The summed E-state index contributed by atoms with van der Waals surface area (Å²) in [5.74, 6) is -0.913. The van der Waals surface area contributed by atoms with Gasteiger partial charge in [0.1, 0.15) is 5.82 Å². The summed E-state index contributed by atoms with van der Waals surface area (Å²) >= 11 is 6.67. The van der Waals surface area contributed by atoms with E-state index in [4.69, 9.17) is 5.73 Å². The summed E-state index contributed by atoms with van der Waals surface area (Å²) in [5, 5.41) is 2.70. The molecule has 0 unspecified atom stereocenters. The number of amides is 1. The number of nitrogens with two attached hydrogens (primary N) is 1. The largest absolute Gasteiger partial charge is 0.398 e. The molecule has 0 fully saturated rings. The van der Waals surface area contributed by atoms with Gasteiger partial charge in [0, 0.05) is 25.8 Å². The molecule has 20 heavy (non-hydrogen) atoms. The van der Waals surface area contributed by atoms with Crippen LogP contribution in [-0.4, -0.2) is 5.91 Å². The number of halogens is 3. The number of nitrogens with one attached hydrogen (secondary N) is 1. The van der Waals surface area contributed by atoms with Crippen molar-refractivity contribution in [2.24, 2.45) is 0 Å². The quantitative estimate of drug-likeness (QED) is 0.728. The van der Waals surface area contributed by atoms with Crippen molar-refractivity contribution in [3.05, 3.63) is 56.2 Å². The lowest BCUT2D eigenvalue weighted by atomic mass is 10.1. The van der Waals surface area contributed by atoms with E-state index >= 15 is 0 Å². The summed E-state index contributed by atoms with van der Waals surface area (Å²) in [7, 11) is 0. The molecular formula is C14H11Br2FN2O. The van der Waals surface area contributed by atoms with E-state index in [0.29, 0.717) is 11.3 Å². The van der Waals surface area contributed by atoms with Crippen molar-refractivity contribution >= 4 is 49.1 Å². The third-order valence-corrected chi connectivity index (χ3v) is 3.98. The van der Waals surface area contributed by atoms with Gasteiger partial charge < -0.3 is 11.1 Å². The Bertz CT molecular complexity index is 666. The van der Waals surface area contributed by atoms with Crippen molar-refractivity contribution in [1.29, 1.82) is 0 Å². The maximum absolute atomic E-state index is 13.6. The van der Waals surface area contributed by atoms with Crippen LogP contribution in [0, 0.1) is 12.7 Å². The summed E-state index contributed by atoms with van der Waals surface area (Å²) in [6, 6.07) is 7.97. The van der Waals surface area contributed by atoms with Gasteiger partial charge in [0.15, 0.2) is 0 Å². The zero-order valence-electron chi connectivity index (χ0n) is 10.5. The van der Waals surface area contributed by atoms with E-state index in [2.05, 4.69) is 37.2 Å². The Morgan fingerprint density at radius 1 is 1.25 bits per heavy atom. The third kappa shape index (κ3) is 3.19. The van der Waals surface area contributed by atoms with Gasteiger partial charge in [-0.25, -0.2) is 4.39 Å². The zero-order valence-corrected chi connectivity index (χ0v) is 13.7. The Kier molecular flexibility index (Phi) is 4.45. The number of anilines is 2. The molecule has 1 amide bonds. The Labute approximate surface area is 132 Å². The topological polar surface area (TPSA) is 55.1 Å². The highest BCUT2D eigenvalue weighted by atomic mass is 79.9. The fourth-order valence-corrected chi connectivity index (χ4v) is 2.76. The van der Waals surface area contributed by atoms with Crippen LogP contribution in [0.15, 0.2) is 39.3 Å². The highest BCUT2D eigenvalue weighted by molar-refractivity contribution is 9.11. The third-order valence-electron chi connectivity index (χ3n) is 2.83. The molecule has 2 aromatic rings. The molecule has 0 heterocycles. The molecule has 3 nitrogen and oxygen atoms in total. The fraction of sp³-hybridized carbons (Fsp3) is 0.0714. The highest BCUT2D eigenvalue weighted by Crippen LogP contribution is 2.27. The van der Waals surface area contributed by atoms with Crippen LogP contribution in [0.3, 0.4) is 0 Å². The number of nitrogen functional groups attached to an aromatic ring is 1. The first-order valence-electron chi connectivity index (χ1n) is 5.70. The van der Waals surface area contributed by atoms with Crippen molar-refractivity contribution in [2.75, 3.05) is 11.1 Å². The van der Waals surface area contributed by atoms with Crippen LogP contribution in [0.5, 0.6) is 0 Å². The maximum atomic E-state index is 13.6. The minimum atomic E-state index is -0.495. The van der Waals surface area contributed by atoms with Crippen LogP contribution in [0.25, 0.3) is 0 Å². The maximum Gasteiger partial charge on any atom is 0.255 e. The number of carbonyl (C=O) groups excluding carboxylic acids is 1. The van der Waals surface area contributed by atoms with Crippen molar-refractivity contribution in [3.63, 3.8) is 0 Å². The lowest BCUT2D eigenvalue weighted by molar-refractivity contribution is 0.102. The first kappa shape index (κ1) is 15.0. The first-order valence-corrected chi connectivity index (χ1v) is 7.29. The number of hydrogen-bond donors (Lipinski definition) is 2. The van der Waals surface area contributed by atoms with Gasteiger partial charge in [0.05, 0.1) is 5.69 Å². The van der Waals surface area contributed by atoms with Crippen LogP contribution in [0.1, 0.15) is 15.9 Å². The minimum Gasteiger partial charge on any atom is -0.398 e. The molecule has 0 aliphatic heterocycles. The summed E-state index contributed by atoms with van der Waals surface area (Å²) in [6.45, 7) is 1.57. The predicted octanol–water partition coefficient (Wildman–Crippen LogP) is 4.49. The summed E-state index contributed by atoms with van der Waals surface area (Å²) in [6.07, 6.45) is 0. The summed E-state index contributed by atoms with van der Waals surface area (Å²) in [5.41, 5.74) is 7.04. The van der Waals surface area contributed by atoms with E-state index in [1.54, 1.807) is 25.1 Å². The normalized spacial score (nSPS) is 10.4. The summed E-state index contributed by atoms with van der Waals surface area (Å²) < 4.78 is 15.2. The molecule has 6 heteroatoms. The van der Waals surface area contributed by atoms with E-state index in [-0.39, 0.29) is 11.3 Å². The smallest absolute Gasteiger partial charge is 0.255 e. The van der Waals surface area contributed by atoms with Gasteiger partial charge in [-0.2, -0.15) is 0 Å². The van der Waals surface area contributed by atoms with E-state index in [0.717, 1.165) is 8.95 Å². The van der Waals surface area contributed by atoms with E-state index < -0.39 is 11.7 Å². The molecule has 2 aromatic carbocycles. The highest BCUT2D eigenvalue weighted by Gasteiger charge is 2.12. The number of benzene rings is 2. The van der Waals surface area contributed by atoms with Crippen molar-refractivity contribution < 1.29 is 9.18 Å². The SMILES string of the molecule is Cc1c(N)cc(C(=O)Nc2ccc(Br)cc2Br)cc1F. The molecule has 0 atom stereocenters. The molecule has 0 radical (unpaired) electrons. The molecule has 0 saturated heterocycles. The van der Waals surface area contributed by atoms with Crippen LogP contribution in [-0.2, 0) is 0 Å². The van der Waals surface area contributed by atoms with E-state index in [1.807, 2.05) is 0 Å². The molecule has 0 saturated carbocycles. The molecular weight excluding hydrogens is 391 g/mol. The van der Waals surface area contributed by atoms with E-state index in [9.17, 15) is 9.18 Å². The van der Waals surface area contributed by atoms with Crippen molar-refractivity contribution in [3.8, 4) is 0 Å². The molecule has 0 aliphatic carbocycles. The van der Waals surface area contributed by atoms with Gasteiger partial charge >= 0.3 is 0 Å². The molecule has 0 aromatic heterocycles. The minimum absolute atomic E-state index is 0.181. The Hall–Kier alpha value is -1.40. The first-order chi connectivity index (χ1) is 9.38. The second kappa shape index (κ2) is 5.93. The summed E-state index contributed by atoms with van der Waals surface area (Å²) in [4.78, 5) is 12.1. The van der Waals surface area contributed by atoms with Gasteiger partial charge in [-0.15, -0.1) is 0 Å².